The number of phenolic OH excluding ortho intramolecular Hbond substituents is 1. The van der Waals surface area contributed by atoms with E-state index in [1.54, 1.807) is 13.0 Å². The summed E-state index contributed by atoms with van der Waals surface area (Å²) in [6, 6.07) is 2.98. The number of esters is 1. The van der Waals surface area contributed by atoms with Gasteiger partial charge in [-0.15, -0.1) is 0 Å². The van der Waals surface area contributed by atoms with E-state index in [0.717, 1.165) is 19.3 Å². The molecule has 1 aliphatic heterocycles. The van der Waals surface area contributed by atoms with Gasteiger partial charge in [-0.2, -0.15) is 0 Å². The van der Waals surface area contributed by atoms with Gasteiger partial charge in [-0.25, -0.2) is 4.79 Å². The second-order valence-corrected chi connectivity index (χ2v) is 6.06. The van der Waals surface area contributed by atoms with Crippen molar-refractivity contribution >= 4 is 11.8 Å². The van der Waals surface area contributed by atoms with E-state index in [0.29, 0.717) is 24.2 Å². The average Bonchev–Trinajstić information content (AvgIpc) is 2.52. The molecule has 130 valence electrons. The van der Waals surface area contributed by atoms with Gasteiger partial charge in [-0.1, -0.05) is 12.2 Å². The van der Waals surface area contributed by atoms with E-state index in [9.17, 15) is 14.7 Å². The van der Waals surface area contributed by atoms with Crippen LogP contribution in [0, 0.1) is 0 Å². The Balaban J connectivity index is 2.37. The summed E-state index contributed by atoms with van der Waals surface area (Å²) in [5.41, 5.74) is 0.499. The Labute approximate surface area is 142 Å². The molecule has 5 heteroatoms. The minimum absolute atomic E-state index is 0.0331. The number of benzene rings is 1. The highest BCUT2D eigenvalue weighted by molar-refractivity contribution is 5.96. The van der Waals surface area contributed by atoms with Crippen LogP contribution in [0.4, 0.5) is 0 Å². The largest absolute Gasteiger partial charge is 0.507 e. The normalized spacial score (nSPS) is 20.0. The van der Waals surface area contributed by atoms with Crippen LogP contribution in [0.3, 0.4) is 0 Å². The minimum atomic E-state index is -0.615. The molecule has 0 fully saturated rings. The highest BCUT2D eigenvalue weighted by atomic mass is 16.5. The Bertz CT molecular complexity index is 633. The first kappa shape index (κ1) is 18.0. The molecular weight excluding hydrogens is 308 g/mol. The number of carbonyl (C=O) groups is 2. The van der Waals surface area contributed by atoms with Crippen LogP contribution in [0.25, 0.3) is 0 Å². The van der Waals surface area contributed by atoms with Crippen LogP contribution in [-0.2, 0) is 16.0 Å². The first-order chi connectivity index (χ1) is 11.5. The molecule has 1 atom stereocenters. The molecule has 0 saturated heterocycles. The van der Waals surface area contributed by atoms with Gasteiger partial charge in [0.1, 0.15) is 28.9 Å². The van der Waals surface area contributed by atoms with Crippen molar-refractivity contribution in [3.63, 3.8) is 0 Å². The van der Waals surface area contributed by atoms with Gasteiger partial charge >= 0.3 is 5.97 Å². The first-order valence-electron chi connectivity index (χ1n) is 8.28. The summed E-state index contributed by atoms with van der Waals surface area (Å²) in [6.07, 6.45) is 7.58. The highest BCUT2D eigenvalue weighted by Gasteiger charge is 2.23. The van der Waals surface area contributed by atoms with Crippen LogP contribution in [0.2, 0.25) is 0 Å². The van der Waals surface area contributed by atoms with Crippen molar-refractivity contribution in [1.29, 1.82) is 0 Å². The fraction of sp³-hybridized carbons (Fsp3) is 0.474. The van der Waals surface area contributed by atoms with Gasteiger partial charge in [-0.05, 0) is 37.8 Å². The van der Waals surface area contributed by atoms with E-state index in [2.05, 4.69) is 6.08 Å². The maximum atomic E-state index is 12.5. The Morgan fingerprint density at radius 2 is 2.00 bits per heavy atom. The van der Waals surface area contributed by atoms with Gasteiger partial charge in [0.25, 0.3) is 0 Å². The number of rotatable bonds is 1. The molecule has 0 radical (unpaired) electrons. The van der Waals surface area contributed by atoms with E-state index < -0.39 is 5.97 Å². The molecule has 1 heterocycles. The van der Waals surface area contributed by atoms with Crippen molar-refractivity contribution < 1.29 is 24.2 Å². The molecule has 0 bridgehead atoms. The zero-order valence-electron chi connectivity index (χ0n) is 14.2. The highest BCUT2D eigenvalue weighted by Crippen LogP contribution is 2.30. The van der Waals surface area contributed by atoms with Crippen molar-refractivity contribution in [3.8, 4) is 11.5 Å². The number of hydrogen-bond acceptors (Lipinski definition) is 5. The maximum Gasteiger partial charge on any atom is 0.342 e. The van der Waals surface area contributed by atoms with Crippen molar-refractivity contribution in [2.75, 3.05) is 7.11 Å². The second-order valence-electron chi connectivity index (χ2n) is 6.06. The Morgan fingerprint density at radius 1 is 1.21 bits per heavy atom. The SMILES string of the molecule is COc1cc(O)c2c(c1)CC(=O)CCCCC=CC[C@@H](C)OC2=O. The van der Waals surface area contributed by atoms with Gasteiger partial charge in [-0.3, -0.25) is 4.79 Å². The van der Waals surface area contributed by atoms with Gasteiger partial charge < -0.3 is 14.6 Å². The lowest BCUT2D eigenvalue weighted by atomic mass is 9.98. The smallest absolute Gasteiger partial charge is 0.342 e. The molecule has 24 heavy (non-hydrogen) atoms. The van der Waals surface area contributed by atoms with Crippen LogP contribution in [0.5, 0.6) is 11.5 Å². The number of carbonyl (C=O) groups excluding carboxylic acids is 2. The van der Waals surface area contributed by atoms with Crippen LogP contribution >= 0.6 is 0 Å². The molecule has 0 spiro atoms. The third kappa shape index (κ3) is 4.85. The molecule has 1 aromatic rings. The fourth-order valence-electron chi connectivity index (χ4n) is 2.73. The molecule has 0 unspecified atom stereocenters. The number of Topliss-reactive ketones (excluding diaryl/α,β-unsaturated/α-hetero) is 1. The van der Waals surface area contributed by atoms with Gasteiger partial charge in [0.15, 0.2) is 0 Å². The van der Waals surface area contributed by atoms with Gasteiger partial charge in [0.2, 0.25) is 0 Å². The van der Waals surface area contributed by atoms with Crippen LogP contribution in [-0.4, -0.2) is 30.1 Å². The van der Waals surface area contributed by atoms with Crippen LogP contribution < -0.4 is 4.74 Å². The molecular formula is C19H24O5. The van der Waals surface area contributed by atoms with E-state index in [4.69, 9.17) is 9.47 Å². The summed E-state index contributed by atoms with van der Waals surface area (Å²) in [7, 11) is 1.47. The van der Waals surface area contributed by atoms with Crippen molar-refractivity contribution in [1.82, 2.24) is 0 Å². The van der Waals surface area contributed by atoms with E-state index in [1.165, 1.54) is 13.2 Å². The van der Waals surface area contributed by atoms with Crippen molar-refractivity contribution in [2.45, 2.75) is 51.6 Å². The van der Waals surface area contributed by atoms with Crippen molar-refractivity contribution in [2.24, 2.45) is 0 Å². The monoisotopic (exact) mass is 332 g/mol. The number of methoxy groups -OCH3 is 1. The summed E-state index contributed by atoms with van der Waals surface area (Å²) < 4.78 is 10.5. The molecule has 0 aliphatic carbocycles. The van der Waals surface area contributed by atoms with E-state index >= 15 is 0 Å². The number of hydrogen-bond donors (Lipinski definition) is 1. The molecule has 1 aromatic carbocycles. The minimum Gasteiger partial charge on any atom is -0.507 e. The standard InChI is InChI=1S/C19H24O5/c1-13-8-6-4-3-5-7-9-15(20)10-14-11-16(23-2)12-17(21)18(14)19(22)24-13/h4,6,11-13,21H,3,5,7-10H2,1-2H3/t13-/m1/s1. The Morgan fingerprint density at radius 3 is 2.75 bits per heavy atom. The van der Waals surface area contributed by atoms with E-state index in [-0.39, 0.29) is 29.6 Å². The Kier molecular flexibility index (Phi) is 6.41. The van der Waals surface area contributed by atoms with Crippen molar-refractivity contribution in [3.05, 3.63) is 35.4 Å². The van der Waals surface area contributed by atoms with Gasteiger partial charge in [0.05, 0.1) is 7.11 Å². The molecule has 5 nitrogen and oxygen atoms in total. The van der Waals surface area contributed by atoms with Crippen LogP contribution in [0.15, 0.2) is 24.3 Å². The maximum absolute atomic E-state index is 12.5. The number of allylic oxidation sites excluding steroid dienone is 1. The summed E-state index contributed by atoms with van der Waals surface area (Å²) in [5.74, 6) is -0.400. The lowest BCUT2D eigenvalue weighted by Crippen LogP contribution is -2.17. The molecule has 0 saturated carbocycles. The summed E-state index contributed by atoms with van der Waals surface area (Å²) in [4.78, 5) is 24.7. The lowest BCUT2D eigenvalue weighted by molar-refractivity contribution is -0.118. The number of aromatic hydroxyl groups is 1. The predicted octanol–water partition coefficient (Wildman–Crippen LogP) is 3.58. The zero-order chi connectivity index (χ0) is 17.5. The quantitative estimate of drug-likeness (QED) is 0.628. The molecule has 1 aliphatic rings. The molecule has 1 N–H and O–H groups in total. The average molecular weight is 332 g/mol. The molecule has 2 rings (SSSR count). The fourth-order valence-corrected chi connectivity index (χ4v) is 2.73. The molecule has 0 amide bonds. The summed E-state index contributed by atoms with van der Waals surface area (Å²) in [5, 5.41) is 10.2. The summed E-state index contributed by atoms with van der Waals surface area (Å²) >= 11 is 0. The van der Waals surface area contributed by atoms with E-state index in [1.807, 2.05) is 6.08 Å². The number of fused-ring (bicyclic) bond motifs is 1. The second kappa shape index (κ2) is 8.52. The number of phenols is 1. The predicted molar refractivity (Wildman–Crippen MR) is 90.5 cm³/mol. The third-order valence-electron chi connectivity index (χ3n) is 4.02. The summed E-state index contributed by atoms with van der Waals surface area (Å²) in [6.45, 7) is 1.81. The number of ketones is 1. The number of cyclic esters (lactones) is 1. The van der Waals surface area contributed by atoms with Gasteiger partial charge in [0, 0.05) is 25.3 Å². The molecule has 0 aromatic heterocycles. The first-order valence-corrected chi connectivity index (χ1v) is 8.28. The third-order valence-corrected chi connectivity index (χ3v) is 4.02. The topological polar surface area (TPSA) is 72.8 Å². The Hall–Kier alpha value is -2.30. The van der Waals surface area contributed by atoms with Crippen LogP contribution in [0.1, 0.15) is 54.9 Å². The number of ether oxygens (including phenoxy) is 2. The lowest BCUT2D eigenvalue weighted by Gasteiger charge is -2.16. The zero-order valence-corrected chi connectivity index (χ0v) is 14.2.